The molecule has 0 aliphatic rings. The van der Waals surface area contributed by atoms with Crippen molar-refractivity contribution in [1.29, 1.82) is 0 Å². The van der Waals surface area contributed by atoms with E-state index in [0.29, 0.717) is 23.6 Å². The Bertz CT molecular complexity index is 836. The number of rotatable bonds is 5. The van der Waals surface area contributed by atoms with Crippen LogP contribution in [0.5, 0.6) is 0 Å². The monoisotopic (exact) mass is 324 g/mol. The first-order valence-corrected chi connectivity index (χ1v) is 7.89. The van der Waals surface area contributed by atoms with Gasteiger partial charge in [0.1, 0.15) is 5.69 Å². The first-order valence-electron chi connectivity index (χ1n) is 7.89. The van der Waals surface area contributed by atoms with E-state index >= 15 is 0 Å². The number of nitrogens with zero attached hydrogens (tertiary/aromatic N) is 4. The Morgan fingerprint density at radius 3 is 2.71 bits per heavy atom. The topological polar surface area (TPSA) is 64.2 Å². The van der Waals surface area contributed by atoms with Crippen LogP contribution in [-0.4, -0.2) is 32.8 Å². The molecule has 0 saturated heterocycles. The van der Waals surface area contributed by atoms with Crippen LogP contribution in [0.2, 0.25) is 0 Å². The van der Waals surface area contributed by atoms with Crippen molar-refractivity contribution in [3.05, 3.63) is 59.5 Å². The Morgan fingerprint density at radius 1 is 1.29 bits per heavy atom. The van der Waals surface area contributed by atoms with Gasteiger partial charge in [-0.2, -0.15) is 5.10 Å². The lowest BCUT2D eigenvalue weighted by molar-refractivity contribution is 0.0781. The third-order valence-corrected chi connectivity index (χ3v) is 3.86. The van der Waals surface area contributed by atoms with E-state index < -0.39 is 0 Å². The molecule has 3 aromatic rings. The van der Waals surface area contributed by atoms with Crippen LogP contribution in [0.25, 0.3) is 11.3 Å². The fraction of sp³-hybridized carbons (Fsp3) is 0.278. The van der Waals surface area contributed by atoms with Gasteiger partial charge in [0.05, 0.1) is 17.8 Å². The normalized spacial score (nSPS) is 10.8. The van der Waals surface area contributed by atoms with Gasteiger partial charge in [0.15, 0.2) is 5.76 Å². The van der Waals surface area contributed by atoms with Crippen molar-refractivity contribution in [3.8, 4) is 11.3 Å². The Balaban J connectivity index is 1.73. The summed E-state index contributed by atoms with van der Waals surface area (Å²) < 4.78 is 7.14. The van der Waals surface area contributed by atoms with Crippen LogP contribution < -0.4 is 0 Å². The standard InChI is InChI=1S/C18H20N4O2/c1-4-22-12-16(13(2)19-22)18(23)21(3)11-15-10-17(24-20-15)14-8-6-5-7-9-14/h5-10,12H,4,11H2,1-3H3. The van der Waals surface area contributed by atoms with Crippen LogP contribution in [0.3, 0.4) is 0 Å². The van der Waals surface area contributed by atoms with Gasteiger partial charge in [-0.15, -0.1) is 0 Å². The number of carbonyl (C=O) groups is 1. The number of carbonyl (C=O) groups excluding carboxylic acids is 1. The minimum Gasteiger partial charge on any atom is -0.356 e. The largest absolute Gasteiger partial charge is 0.356 e. The Hall–Kier alpha value is -2.89. The number of amides is 1. The summed E-state index contributed by atoms with van der Waals surface area (Å²) in [5.41, 5.74) is 3.03. The lowest BCUT2D eigenvalue weighted by Gasteiger charge is -2.14. The van der Waals surface area contributed by atoms with E-state index in [-0.39, 0.29) is 5.91 Å². The Labute approximate surface area is 140 Å². The lowest BCUT2D eigenvalue weighted by Crippen LogP contribution is -2.26. The quantitative estimate of drug-likeness (QED) is 0.723. The molecule has 0 atom stereocenters. The van der Waals surface area contributed by atoms with E-state index in [2.05, 4.69) is 10.3 Å². The molecule has 6 nitrogen and oxygen atoms in total. The molecular weight excluding hydrogens is 304 g/mol. The average Bonchev–Trinajstić information content (AvgIpc) is 3.21. The summed E-state index contributed by atoms with van der Waals surface area (Å²) in [4.78, 5) is 14.2. The van der Waals surface area contributed by atoms with Crippen molar-refractivity contribution in [2.24, 2.45) is 0 Å². The minimum atomic E-state index is -0.0727. The molecule has 0 bridgehead atoms. The Morgan fingerprint density at radius 2 is 2.04 bits per heavy atom. The summed E-state index contributed by atoms with van der Waals surface area (Å²) in [7, 11) is 1.75. The van der Waals surface area contributed by atoms with Crippen LogP contribution in [0.1, 0.15) is 28.7 Å². The van der Waals surface area contributed by atoms with E-state index in [0.717, 1.165) is 17.8 Å². The highest BCUT2D eigenvalue weighted by atomic mass is 16.5. The molecule has 2 heterocycles. The van der Waals surface area contributed by atoms with Gasteiger partial charge in [-0.1, -0.05) is 35.5 Å². The van der Waals surface area contributed by atoms with Crippen molar-refractivity contribution >= 4 is 5.91 Å². The van der Waals surface area contributed by atoms with Crippen molar-refractivity contribution in [1.82, 2.24) is 19.8 Å². The van der Waals surface area contributed by atoms with Gasteiger partial charge < -0.3 is 9.42 Å². The summed E-state index contributed by atoms with van der Waals surface area (Å²) in [6.45, 7) is 4.95. The molecule has 1 aromatic carbocycles. The average molecular weight is 324 g/mol. The molecule has 124 valence electrons. The molecule has 0 spiro atoms. The van der Waals surface area contributed by atoms with Crippen molar-refractivity contribution in [3.63, 3.8) is 0 Å². The van der Waals surface area contributed by atoms with Gasteiger partial charge in [-0.25, -0.2) is 0 Å². The summed E-state index contributed by atoms with van der Waals surface area (Å²) in [5.74, 6) is 0.623. The fourth-order valence-corrected chi connectivity index (χ4v) is 2.54. The third-order valence-electron chi connectivity index (χ3n) is 3.86. The maximum atomic E-state index is 12.6. The van der Waals surface area contributed by atoms with E-state index in [9.17, 15) is 4.79 Å². The molecule has 6 heteroatoms. The number of hydrogen-bond acceptors (Lipinski definition) is 4. The van der Waals surface area contributed by atoms with Gasteiger partial charge in [0.2, 0.25) is 0 Å². The smallest absolute Gasteiger partial charge is 0.257 e. The molecule has 0 N–H and O–H groups in total. The highest BCUT2D eigenvalue weighted by molar-refractivity contribution is 5.94. The number of aryl methyl sites for hydroxylation is 2. The predicted molar refractivity (Wildman–Crippen MR) is 90.4 cm³/mol. The van der Waals surface area contributed by atoms with Crippen LogP contribution in [-0.2, 0) is 13.1 Å². The summed E-state index contributed by atoms with van der Waals surface area (Å²) in [6, 6.07) is 11.6. The second kappa shape index (κ2) is 6.70. The zero-order chi connectivity index (χ0) is 17.1. The van der Waals surface area contributed by atoms with Gasteiger partial charge in [0, 0.05) is 31.4 Å². The van der Waals surface area contributed by atoms with Gasteiger partial charge in [-0.05, 0) is 13.8 Å². The van der Waals surface area contributed by atoms with Crippen molar-refractivity contribution in [2.45, 2.75) is 26.9 Å². The molecule has 1 amide bonds. The number of aromatic nitrogens is 3. The van der Waals surface area contributed by atoms with E-state index in [1.807, 2.05) is 50.2 Å². The zero-order valence-corrected chi connectivity index (χ0v) is 14.1. The minimum absolute atomic E-state index is 0.0727. The number of hydrogen-bond donors (Lipinski definition) is 0. The molecule has 0 fully saturated rings. The molecule has 0 radical (unpaired) electrons. The summed E-state index contributed by atoms with van der Waals surface area (Å²) in [5, 5.41) is 8.38. The third kappa shape index (κ3) is 3.22. The zero-order valence-electron chi connectivity index (χ0n) is 14.1. The molecule has 0 aliphatic carbocycles. The van der Waals surface area contributed by atoms with Crippen molar-refractivity contribution in [2.75, 3.05) is 7.05 Å². The van der Waals surface area contributed by atoms with E-state index in [1.54, 1.807) is 22.8 Å². The lowest BCUT2D eigenvalue weighted by atomic mass is 10.1. The SMILES string of the molecule is CCn1cc(C(=O)N(C)Cc2cc(-c3ccccc3)on2)c(C)n1. The first kappa shape index (κ1) is 16.0. The van der Waals surface area contributed by atoms with Gasteiger partial charge in [0.25, 0.3) is 5.91 Å². The van der Waals surface area contributed by atoms with Gasteiger partial charge in [-0.3, -0.25) is 9.48 Å². The molecule has 24 heavy (non-hydrogen) atoms. The first-order chi connectivity index (χ1) is 11.6. The van der Waals surface area contributed by atoms with E-state index in [1.165, 1.54) is 0 Å². The van der Waals surface area contributed by atoms with Crippen LogP contribution >= 0.6 is 0 Å². The van der Waals surface area contributed by atoms with Gasteiger partial charge >= 0.3 is 0 Å². The summed E-state index contributed by atoms with van der Waals surface area (Å²) >= 11 is 0. The van der Waals surface area contributed by atoms with E-state index in [4.69, 9.17) is 4.52 Å². The second-order valence-electron chi connectivity index (χ2n) is 5.69. The maximum absolute atomic E-state index is 12.6. The molecule has 3 rings (SSSR count). The van der Waals surface area contributed by atoms with Crippen LogP contribution in [0, 0.1) is 6.92 Å². The fourth-order valence-electron chi connectivity index (χ4n) is 2.54. The predicted octanol–water partition coefficient (Wildman–Crippen LogP) is 3.14. The maximum Gasteiger partial charge on any atom is 0.257 e. The molecular formula is C18H20N4O2. The second-order valence-corrected chi connectivity index (χ2v) is 5.69. The molecule has 0 saturated carbocycles. The molecule has 0 unspecified atom stereocenters. The molecule has 2 aromatic heterocycles. The summed E-state index contributed by atoms with van der Waals surface area (Å²) in [6.07, 6.45) is 1.78. The number of benzene rings is 1. The Kier molecular flexibility index (Phi) is 4.46. The highest BCUT2D eigenvalue weighted by Gasteiger charge is 2.19. The van der Waals surface area contributed by atoms with Crippen molar-refractivity contribution < 1.29 is 9.32 Å². The highest BCUT2D eigenvalue weighted by Crippen LogP contribution is 2.20. The van der Waals surface area contributed by atoms with Crippen LogP contribution in [0.4, 0.5) is 0 Å². The van der Waals surface area contributed by atoms with Crippen LogP contribution in [0.15, 0.2) is 47.1 Å². The molecule has 0 aliphatic heterocycles.